The molecule has 2 heterocycles. The van der Waals surface area contributed by atoms with Crippen LogP contribution in [0.25, 0.3) is 11.5 Å². The van der Waals surface area contributed by atoms with E-state index in [1.54, 1.807) is 0 Å². The van der Waals surface area contributed by atoms with Gasteiger partial charge in [0.2, 0.25) is 12.2 Å². The van der Waals surface area contributed by atoms with Gasteiger partial charge in [0.05, 0.1) is 5.56 Å². The van der Waals surface area contributed by atoms with E-state index in [1.165, 1.54) is 6.07 Å². The number of hydrogen-bond acceptors (Lipinski definition) is 4. The van der Waals surface area contributed by atoms with E-state index in [2.05, 4.69) is 19.6 Å². The summed E-state index contributed by atoms with van der Waals surface area (Å²) in [5.41, 5.74) is -0.577. The van der Waals surface area contributed by atoms with E-state index in [0.717, 1.165) is 18.7 Å². The van der Waals surface area contributed by atoms with Crippen molar-refractivity contribution in [3.63, 3.8) is 0 Å². The van der Waals surface area contributed by atoms with Gasteiger partial charge in [-0.2, -0.15) is 18.2 Å². The quantitative estimate of drug-likeness (QED) is 0.731. The summed E-state index contributed by atoms with van der Waals surface area (Å²) in [7, 11) is 0. The fraction of sp³-hybridized carbons (Fsp3) is 0.125. The van der Waals surface area contributed by atoms with Gasteiger partial charge in [0.15, 0.2) is 0 Å². The fourth-order valence-electron chi connectivity index (χ4n) is 0.977. The van der Waals surface area contributed by atoms with Crippen LogP contribution < -0.4 is 0 Å². The number of alkyl halides is 3. The monoisotopic (exact) mass is 215 g/mol. The first-order valence-corrected chi connectivity index (χ1v) is 3.87. The highest BCUT2D eigenvalue weighted by molar-refractivity contribution is 5.47. The maximum absolute atomic E-state index is 12.2. The molecule has 15 heavy (non-hydrogen) atoms. The van der Waals surface area contributed by atoms with Gasteiger partial charge in [-0.3, -0.25) is 4.98 Å². The van der Waals surface area contributed by atoms with Crippen LogP contribution in [0.3, 0.4) is 0 Å². The Hall–Kier alpha value is -1.92. The molecule has 0 bridgehead atoms. The Morgan fingerprint density at radius 2 is 1.93 bits per heavy atom. The van der Waals surface area contributed by atoms with Crippen molar-refractivity contribution in [2.24, 2.45) is 0 Å². The van der Waals surface area contributed by atoms with Crippen molar-refractivity contribution >= 4 is 0 Å². The van der Waals surface area contributed by atoms with Crippen molar-refractivity contribution in [2.75, 3.05) is 0 Å². The van der Waals surface area contributed by atoms with Crippen LogP contribution in [0.1, 0.15) is 5.56 Å². The van der Waals surface area contributed by atoms with Crippen molar-refractivity contribution in [2.45, 2.75) is 6.18 Å². The molecule has 2 rings (SSSR count). The predicted molar refractivity (Wildman–Crippen MR) is 42.5 cm³/mol. The summed E-state index contributed by atoms with van der Waals surface area (Å²) in [5.74, 6) is 0.156. The Balaban J connectivity index is 2.33. The Labute approximate surface area is 81.8 Å². The SMILES string of the molecule is FC(F)(F)c1ccc(-c2ncon2)nc1. The van der Waals surface area contributed by atoms with E-state index in [4.69, 9.17) is 0 Å². The third-order valence-corrected chi connectivity index (χ3v) is 1.68. The maximum atomic E-state index is 12.2. The number of halogens is 3. The minimum atomic E-state index is -4.39. The summed E-state index contributed by atoms with van der Waals surface area (Å²) < 4.78 is 41.0. The van der Waals surface area contributed by atoms with Gasteiger partial charge in [-0.15, -0.1) is 0 Å². The van der Waals surface area contributed by atoms with Crippen molar-refractivity contribution in [3.8, 4) is 11.5 Å². The van der Waals surface area contributed by atoms with E-state index in [9.17, 15) is 13.2 Å². The van der Waals surface area contributed by atoms with Crippen LogP contribution in [-0.2, 0) is 6.18 Å². The number of rotatable bonds is 1. The molecule has 7 heteroatoms. The van der Waals surface area contributed by atoms with Gasteiger partial charge in [-0.25, -0.2) is 0 Å². The first-order chi connectivity index (χ1) is 7.07. The third kappa shape index (κ3) is 1.95. The zero-order valence-electron chi connectivity index (χ0n) is 7.19. The minimum Gasteiger partial charge on any atom is -0.342 e. The Kier molecular flexibility index (Phi) is 2.14. The molecule has 0 fully saturated rings. The second-order valence-corrected chi connectivity index (χ2v) is 2.68. The highest BCUT2D eigenvalue weighted by atomic mass is 19.4. The van der Waals surface area contributed by atoms with Gasteiger partial charge >= 0.3 is 6.18 Å². The molecule has 4 nitrogen and oxygen atoms in total. The zero-order valence-corrected chi connectivity index (χ0v) is 7.19. The molecule has 2 aromatic rings. The van der Waals surface area contributed by atoms with E-state index in [1.807, 2.05) is 0 Å². The van der Waals surface area contributed by atoms with Gasteiger partial charge in [0.25, 0.3) is 0 Å². The van der Waals surface area contributed by atoms with Gasteiger partial charge < -0.3 is 4.52 Å². The van der Waals surface area contributed by atoms with Crippen molar-refractivity contribution in [1.82, 2.24) is 15.1 Å². The number of aromatic nitrogens is 3. The summed E-state index contributed by atoms with van der Waals surface area (Å²) in [6.45, 7) is 0. The number of nitrogens with zero attached hydrogens (tertiary/aromatic N) is 3. The van der Waals surface area contributed by atoms with Crippen LogP contribution in [0.5, 0.6) is 0 Å². The lowest BCUT2D eigenvalue weighted by molar-refractivity contribution is -0.137. The molecular weight excluding hydrogens is 211 g/mol. The average molecular weight is 215 g/mol. The van der Waals surface area contributed by atoms with E-state index in [-0.39, 0.29) is 11.5 Å². The Morgan fingerprint density at radius 3 is 2.40 bits per heavy atom. The highest BCUT2D eigenvalue weighted by Crippen LogP contribution is 2.29. The molecule has 0 aliphatic heterocycles. The number of hydrogen-bond donors (Lipinski definition) is 0. The molecule has 0 aromatic carbocycles. The molecule has 0 saturated carbocycles. The molecule has 0 aliphatic carbocycles. The first kappa shape index (κ1) is 9.63. The van der Waals surface area contributed by atoms with Crippen LogP contribution in [0.4, 0.5) is 13.2 Å². The zero-order chi connectivity index (χ0) is 10.9. The average Bonchev–Trinajstić information content (AvgIpc) is 2.69. The molecule has 0 saturated heterocycles. The third-order valence-electron chi connectivity index (χ3n) is 1.68. The summed E-state index contributed by atoms with van der Waals surface area (Å²) in [6.07, 6.45) is -2.58. The fourth-order valence-corrected chi connectivity index (χ4v) is 0.977. The largest absolute Gasteiger partial charge is 0.417 e. The standard InChI is InChI=1S/C8H4F3N3O/c9-8(10,11)5-1-2-6(12-3-5)7-13-4-15-14-7/h1-4H. The molecule has 0 N–H and O–H groups in total. The second-order valence-electron chi connectivity index (χ2n) is 2.68. The number of pyridine rings is 1. The van der Waals surface area contributed by atoms with Gasteiger partial charge in [-0.05, 0) is 12.1 Å². The maximum Gasteiger partial charge on any atom is 0.417 e. The smallest absolute Gasteiger partial charge is 0.342 e. The van der Waals surface area contributed by atoms with E-state index >= 15 is 0 Å². The van der Waals surface area contributed by atoms with E-state index < -0.39 is 11.7 Å². The van der Waals surface area contributed by atoms with Crippen molar-refractivity contribution < 1.29 is 17.7 Å². The minimum absolute atomic E-state index is 0.156. The van der Waals surface area contributed by atoms with E-state index in [0.29, 0.717) is 0 Å². The Morgan fingerprint density at radius 1 is 1.13 bits per heavy atom. The van der Waals surface area contributed by atoms with Crippen molar-refractivity contribution in [3.05, 3.63) is 30.3 Å². The molecule has 2 aromatic heterocycles. The van der Waals surface area contributed by atoms with Gasteiger partial charge in [-0.1, -0.05) is 5.16 Å². The molecule has 78 valence electrons. The lowest BCUT2D eigenvalue weighted by atomic mass is 10.2. The van der Waals surface area contributed by atoms with Crippen LogP contribution in [-0.4, -0.2) is 15.1 Å². The van der Waals surface area contributed by atoms with Crippen LogP contribution >= 0.6 is 0 Å². The molecule has 0 radical (unpaired) electrons. The molecular formula is C8H4F3N3O. The lowest BCUT2D eigenvalue weighted by Gasteiger charge is -2.05. The topological polar surface area (TPSA) is 51.8 Å². The van der Waals surface area contributed by atoms with Crippen molar-refractivity contribution in [1.29, 1.82) is 0 Å². The lowest BCUT2D eigenvalue weighted by Crippen LogP contribution is -2.05. The summed E-state index contributed by atoms with van der Waals surface area (Å²) >= 11 is 0. The summed E-state index contributed by atoms with van der Waals surface area (Å²) in [4.78, 5) is 7.24. The van der Waals surface area contributed by atoms with Crippen LogP contribution in [0.2, 0.25) is 0 Å². The summed E-state index contributed by atoms with van der Waals surface area (Å²) in [5, 5.41) is 3.45. The molecule has 0 spiro atoms. The van der Waals surface area contributed by atoms with Gasteiger partial charge in [0.1, 0.15) is 5.69 Å². The normalized spacial score (nSPS) is 11.7. The van der Waals surface area contributed by atoms with Crippen LogP contribution in [0.15, 0.2) is 29.2 Å². The van der Waals surface area contributed by atoms with Gasteiger partial charge in [0, 0.05) is 6.20 Å². The second kappa shape index (κ2) is 3.34. The molecule has 0 unspecified atom stereocenters. The molecule has 0 aliphatic rings. The predicted octanol–water partition coefficient (Wildman–Crippen LogP) is 2.15. The molecule has 0 atom stereocenters. The van der Waals surface area contributed by atoms with Crippen LogP contribution in [0, 0.1) is 0 Å². The first-order valence-electron chi connectivity index (χ1n) is 3.87. The Bertz CT molecular complexity index is 435. The highest BCUT2D eigenvalue weighted by Gasteiger charge is 2.30. The molecule has 0 amide bonds. The summed E-state index contributed by atoms with van der Waals surface area (Å²) in [6, 6.07) is 2.10.